The highest BCUT2D eigenvalue weighted by atomic mass is 35.5. The van der Waals surface area contributed by atoms with E-state index in [1.807, 2.05) is 31.2 Å². The number of aromatic nitrogens is 4. The zero-order valence-electron chi connectivity index (χ0n) is 14.2. The van der Waals surface area contributed by atoms with E-state index < -0.39 is 0 Å². The molecule has 3 aromatic rings. The predicted molar refractivity (Wildman–Crippen MR) is 107 cm³/mol. The number of piperazine rings is 1. The Morgan fingerprint density at radius 1 is 1.23 bits per heavy atom. The molecule has 4 rings (SSSR count). The van der Waals surface area contributed by atoms with E-state index in [0.717, 1.165) is 42.8 Å². The molecule has 1 aliphatic rings. The second-order valence-electron chi connectivity index (χ2n) is 6.16. The van der Waals surface area contributed by atoms with Crippen LogP contribution < -0.4 is 10.6 Å². The Morgan fingerprint density at radius 2 is 2.04 bits per heavy atom. The first-order valence-electron chi connectivity index (χ1n) is 8.36. The van der Waals surface area contributed by atoms with Crippen molar-refractivity contribution in [2.24, 2.45) is 0 Å². The van der Waals surface area contributed by atoms with Gasteiger partial charge in [0.05, 0.1) is 5.52 Å². The molecule has 26 heavy (non-hydrogen) atoms. The molecule has 2 aromatic heterocycles. The number of anilines is 2. The maximum atomic E-state index is 6.18. The number of hydrogen-bond donors (Lipinski definition) is 3. The van der Waals surface area contributed by atoms with Crippen molar-refractivity contribution in [3.63, 3.8) is 0 Å². The van der Waals surface area contributed by atoms with Crippen LogP contribution in [0, 0.1) is 6.92 Å². The summed E-state index contributed by atoms with van der Waals surface area (Å²) in [6.07, 6.45) is 0. The van der Waals surface area contributed by atoms with Crippen molar-refractivity contribution in [2.75, 3.05) is 31.5 Å². The van der Waals surface area contributed by atoms with E-state index in [-0.39, 0.29) is 0 Å². The van der Waals surface area contributed by atoms with E-state index >= 15 is 0 Å². The second-order valence-corrected chi connectivity index (χ2v) is 6.98. The van der Waals surface area contributed by atoms with Crippen LogP contribution in [0.5, 0.6) is 0 Å². The lowest BCUT2D eigenvalue weighted by Gasteiger charge is -2.29. The Hall–Kier alpha value is -2.29. The van der Waals surface area contributed by atoms with Crippen LogP contribution in [0.4, 0.5) is 11.6 Å². The third-order valence-corrected chi connectivity index (χ3v) is 4.88. The minimum absolute atomic E-state index is 0.534. The number of rotatable bonds is 3. The zero-order chi connectivity index (χ0) is 18.1. The summed E-state index contributed by atoms with van der Waals surface area (Å²) in [7, 11) is 0. The SMILES string of the molecule is Cc1cc(Nc2nc(C(=S)N3CCNCC3)nc3ccc(Cl)cc23)n[nH]1. The smallest absolute Gasteiger partial charge is 0.189 e. The number of aromatic amines is 1. The molecular weight excluding hydrogens is 370 g/mol. The highest BCUT2D eigenvalue weighted by Crippen LogP contribution is 2.26. The van der Waals surface area contributed by atoms with Crippen molar-refractivity contribution >= 4 is 51.3 Å². The Balaban J connectivity index is 1.76. The van der Waals surface area contributed by atoms with Gasteiger partial charge < -0.3 is 15.5 Å². The monoisotopic (exact) mass is 387 g/mol. The maximum Gasteiger partial charge on any atom is 0.189 e. The molecule has 0 spiro atoms. The molecule has 7 nitrogen and oxygen atoms in total. The largest absolute Gasteiger partial charge is 0.357 e. The topological polar surface area (TPSA) is 81.8 Å². The van der Waals surface area contributed by atoms with E-state index in [1.165, 1.54) is 0 Å². The Kier molecular flexibility index (Phi) is 4.71. The molecule has 3 N–H and O–H groups in total. The molecule has 134 valence electrons. The number of nitrogens with one attached hydrogen (secondary N) is 3. The number of H-pyrrole nitrogens is 1. The summed E-state index contributed by atoms with van der Waals surface area (Å²) >= 11 is 11.8. The van der Waals surface area contributed by atoms with Crippen molar-refractivity contribution in [2.45, 2.75) is 6.92 Å². The first-order valence-corrected chi connectivity index (χ1v) is 9.15. The minimum Gasteiger partial charge on any atom is -0.357 e. The lowest BCUT2D eigenvalue weighted by Crippen LogP contribution is -2.46. The summed E-state index contributed by atoms with van der Waals surface area (Å²) in [5.74, 6) is 1.85. The number of thiocarbonyl (C=S) groups is 1. The van der Waals surface area contributed by atoms with Gasteiger partial charge in [0, 0.05) is 48.3 Å². The van der Waals surface area contributed by atoms with Crippen molar-refractivity contribution in [3.8, 4) is 0 Å². The molecule has 0 aliphatic carbocycles. The van der Waals surface area contributed by atoms with Crippen LogP contribution in [0.25, 0.3) is 10.9 Å². The number of halogens is 1. The summed E-state index contributed by atoms with van der Waals surface area (Å²) in [6.45, 7) is 5.45. The molecule has 0 bridgehead atoms. The van der Waals surface area contributed by atoms with Crippen molar-refractivity contribution in [1.82, 2.24) is 30.4 Å². The molecule has 1 fully saturated rings. The van der Waals surface area contributed by atoms with Crippen LogP contribution in [0.3, 0.4) is 0 Å². The number of hydrogen-bond acceptors (Lipinski definition) is 6. The molecular formula is C17H18ClN7S. The van der Waals surface area contributed by atoms with Crippen LogP contribution in [0.2, 0.25) is 5.02 Å². The Labute approximate surface area is 161 Å². The quantitative estimate of drug-likeness (QED) is 0.596. The average Bonchev–Trinajstić information content (AvgIpc) is 3.07. The fourth-order valence-electron chi connectivity index (χ4n) is 2.90. The van der Waals surface area contributed by atoms with E-state index in [9.17, 15) is 0 Å². The lowest BCUT2D eigenvalue weighted by molar-refractivity contribution is 0.362. The maximum absolute atomic E-state index is 6.18. The molecule has 1 aromatic carbocycles. The summed E-state index contributed by atoms with van der Waals surface area (Å²) in [4.78, 5) is 12.1. The zero-order valence-corrected chi connectivity index (χ0v) is 15.8. The predicted octanol–water partition coefficient (Wildman–Crippen LogP) is 2.64. The second kappa shape index (κ2) is 7.14. The van der Waals surface area contributed by atoms with Gasteiger partial charge in [-0.2, -0.15) is 5.10 Å². The molecule has 0 radical (unpaired) electrons. The molecule has 0 amide bonds. The van der Waals surface area contributed by atoms with Gasteiger partial charge in [0.1, 0.15) is 10.8 Å². The molecule has 0 saturated carbocycles. The van der Waals surface area contributed by atoms with Crippen molar-refractivity contribution < 1.29 is 0 Å². The Bertz CT molecular complexity index is 965. The van der Waals surface area contributed by atoms with Gasteiger partial charge in [-0.15, -0.1) is 0 Å². The van der Waals surface area contributed by atoms with Gasteiger partial charge in [-0.3, -0.25) is 5.10 Å². The first kappa shape index (κ1) is 17.1. The van der Waals surface area contributed by atoms with Crippen LogP contribution in [-0.4, -0.2) is 56.2 Å². The van der Waals surface area contributed by atoms with Gasteiger partial charge in [0.15, 0.2) is 11.6 Å². The van der Waals surface area contributed by atoms with Crippen LogP contribution in [-0.2, 0) is 0 Å². The normalized spacial score (nSPS) is 14.6. The molecule has 1 saturated heterocycles. The third kappa shape index (κ3) is 3.48. The molecule has 0 unspecified atom stereocenters. The highest BCUT2D eigenvalue weighted by Gasteiger charge is 2.19. The van der Waals surface area contributed by atoms with Gasteiger partial charge >= 0.3 is 0 Å². The highest BCUT2D eigenvalue weighted by molar-refractivity contribution is 7.80. The van der Waals surface area contributed by atoms with E-state index in [1.54, 1.807) is 0 Å². The molecule has 1 aliphatic heterocycles. The van der Waals surface area contributed by atoms with Gasteiger partial charge in [0.25, 0.3) is 0 Å². The molecule has 3 heterocycles. The van der Waals surface area contributed by atoms with Gasteiger partial charge in [-0.05, 0) is 25.1 Å². The first-order chi connectivity index (χ1) is 12.6. The third-order valence-electron chi connectivity index (χ3n) is 4.21. The Morgan fingerprint density at radius 3 is 2.77 bits per heavy atom. The summed E-state index contributed by atoms with van der Waals surface area (Å²) in [6, 6.07) is 7.45. The number of nitrogens with zero attached hydrogens (tertiary/aromatic N) is 4. The van der Waals surface area contributed by atoms with Gasteiger partial charge in [-0.1, -0.05) is 23.8 Å². The van der Waals surface area contributed by atoms with Crippen LogP contribution in [0.1, 0.15) is 11.5 Å². The number of fused-ring (bicyclic) bond motifs is 1. The van der Waals surface area contributed by atoms with E-state index in [0.29, 0.717) is 27.5 Å². The lowest BCUT2D eigenvalue weighted by atomic mass is 10.2. The molecule has 0 atom stereocenters. The van der Waals surface area contributed by atoms with Crippen molar-refractivity contribution in [3.05, 3.63) is 40.8 Å². The fourth-order valence-corrected chi connectivity index (χ4v) is 3.35. The van der Waals surface area contributed by atoms with Gasteiger partial charge in [-0.25, -0.2) is 9.97 Å². The fraction of sp³-hybridized carbons (Fsp3) is 0.294. The summed E-state index contributed by atoms with van der Waals surface area (Å²) in [5.41, 5.74) is 1.74. The number of benzene rings is 1. The van der Waals surface area contributed by atoms with E-state index in [2.05, 4.69) is 35.7 Å². The van der Waals surface area contributed by atoms with Gasteiger partial charge in [0.2, 0.25) is 0 Å². The standard InChI is InChI=1S/C17H18ClN7S/c1-10-8-14(24-23-10)21-15-12-9-11(18)2-3-13(12)20-16(22-15)17(26)25-6-4-19-5-7-25/h2-3,8-9,19H,4-7H2,1H3,(H2,20,21,22,23,24). The summed E-state index contributed by atoms with van der Waals surface area (Å²) in [5, 5.41) is 15.2. The van der Waals surface area contributed by atoms with E-state index in [4.69, 9.17) is 23.8 Å². The number of aryl methyl sites for hydroxylation is 1. The van der Waals surface area contributed by atoms with Crippen molar-refractivity contribution in [1.29, 1.82) is 0 Å². The van der Waals surface area contributed by atoms with Crippen LogP contribution >= 0.6 is 23.8 Å². The summed E-state index contributed by atoms with van der Waals surface area (Å²) < 4.78 is 0. The minimum atomic E-state index is 0.534. The molecule has 9 heteroatoms. The average molecular weight is 388 g/mol. The van der Waals surface area contributed by atoms with Crippen LogP contribution in [0.15, 0.2) is 24.3 Å².